The first-order valence-corrected chi connectivity index (χ1v) is 11.2. The lowest BCUT2D eigenvalue weighted by Crippen LogP contribution is -2.30. The first-order valence-electron chi connectivity index (χ1n) is 11.2. The number of nitrogen functional groups attached to an aromatic ring is 1. The summed E-state index contributed by atoms with van der Waals surface area (Å²) in [5, 5.41) is 10.8. The third kappa shape index (κ3) is 5.18. The molecule has 2 aromatic rings. The molecule has 2 aliphatic rings. The smallest absolute Gasteiger partial charge is 0.336 e. The molecule has 0 radical (unpaired) electrons. The van der Waals surface area contributed by atoms with Gasteiger partial charge < -0.3 is 32.5 Å². The summed E-state index contributed by atoms with van der Waals surface area (Å²) in [4.78, 5) is 32.5. The van der Waals surface area contributed by atoms with Gasteiger partial charge in [-0.3, -0.25) is 9.79 Å². The molecule has 1 heterocycles. The molecule has 1 amide bonds. The number of anilines is 1. The molecule has 0 unspecified atom stereocenters. The minimum atomic E-state index is -1.05. The standard InChI is InChI=1S/C26H26N6O4/c27-14-7-9-18-21(12-14)36-22-13-15(32-24(33)20(28)6-3-11-31-26(29)30)8-10-19(22)23(18)16-4-1-2-5-17(16)25(34)35/h1-2,4-5,7-10,12-13,20H,3,6,11,27-28H2,(H,34,35)(H4,29,30,31)/t20-/m0/s1. The Morgan fingerprint density at radius 2 is 1.78 bits per heavy atom. The summed E-state index contributed by atoms with van der Waals surface area (Å²) in [6.45, 7) is 0.370. The SMILES string of the molecule is NC(N)=NCCC[C@H](N)C(=O)N=c1ccc2c(-c3ccccc3C(=O)O)c3ccc(N)cc3oc-2c1. The van der Waals surface area contributed by atoms with E-state index in [1.54, 1.807) is 60.7 Å². The topological polar surface area (TPSA) is 196 Å². The Balaban J connectivity index is 1.81. The zero-order chi connectivity index (χ0) is 25.8. The number of guanidine groups is 1. The molecular weight excluding hydrogens is 460 g/mol. The van der Waals surface area contributed by atoms with E-state index in [4.69, 9.17) is 27.4 Å². The molecule has 0 saturated carbocycles. The van der Waals surface area contributed by atoms with Crippen molar-refractivity contribution < 1.29 is 19.1 Å². The van der Waals surface area contributed by atoms with Crippen LogP contribution in [0.1, 0.15) is 23.2 Å². The van der Waals surface area contributed by atoms with Crippen molar-refractivity contribution in [2.24, 2.45) is 27.2 Å². The average molecular weight is 487 g/mol. The highest BCUT2D eigenvalue weighted by atomic mass is 16.4. The number of aliphatic imine (C=N–C) groups is 1. The summed E-state index contributed by atoms with van der Waals surface area (Å²) in [6.07, 6.45) is 0.907. The van der Waals surface area contributed by atoms with Crippen LogP contribution in [0, 0.1) is 0 Å². The number of carboxylic acids is 1. The quantitative estimate of drug-likeness (QED) is 0.0861. The Kier molecular flexibility index (Phi) is 6.98. The van der Waals surface area contributed by atoms with Crippen LogP contribution in [-0.2, 0) is 4.79 Å². The molecule has 0 aromatic heterocycles. The molecule has 36 heavy (non-hydrogen) atoms. The Labute approximate surface area is 206 Å². The molecule has 2 aromatic carbocycles. The van der Waals surface area contributed by atoms with E-state index < -0.39 is 17.9 Å². The molecule has 184 valence electrons. The van der Waals surface area contributed by atoms with E-state index in [0.29, 0.717) is 63.9 Å². The van der Waals surface area contributed by atoms with Crippen molar-refractivity contribution >= 4 is 34.5 Å². The molecule has 1 aliphatic heterocycles. The number of carboxylic acid groups (broad SMARTS) is 1. The molecule has 9 N–H and O–H groups in total. The fourth-order valence-electron chi connectivity index (χ4n) is 4.00. The van der Waals surface area contributed by atoms with E-state index >= 15 is 0 Å². The summed E-state index contributed by atoms with van der Waals surface area (Å²) in [6, 6.07) is 16.2. The van der Waals surface area contributed by atoms with Crippen LogP contribution in [0.2, 0.25) is 0 Å². The first-order chi connectivity index (χ1) is 17.2. The second-order valence-electron chi connectivity index (χ2n) is 8.27. The van der Waals surface area contributed by atoms with E-state index in [1.807, 2.05) is 0 Å². The number of carbonyl (C=O) groups excluding carboxylic acids is 1. The second-order valence-corrected chi connectivity index (χ2v) is 8.27. The molecule has 1 aliphatic carbocycles. The maximum Gasteiger partial charge on any atom is 0.336 e. The predicted octanol–water partition coefficient (Wildman–Crippen LogP) is 2.29. The van der Waals surface area contributed by atoms with Gasteiger partial charge in [0.1, 0.15) is 11.3 Å². The number of nitrogens with two attached hydrogens (primary N) is 4. The summed E-state index contributed by atoms with van der Waals surface area (Å²) >= 11 is 0. The summed E-state index contributed by atoms with van der Waals surface area (Å²) in [5.74, 6) is -1.13. The van der Waals surface area contributed by atoms with Gasteiger partial charge in [-0.2, -0.15) is 0 Å². The number of carbonyl (C=O) groups is 2. The number of rotatable bonds is 7. The molecular formula is C26H26N6O4. The summed E-state index contributed by atoms with van der Waals surface area (Å²) in [7, 11) is 0. The number of nitrogens with zero attached hydrogens (tertiary/aromatic N) is 2. The van der Waals surface area contributed by atoms with Gasteiger partial charge in [0.15, 0.2) is 5.96 Å². The lowest BCUT2D eigenvalue weighted by molar-refractivity contribution is -0.119. The minimum Gasteiger partial charge on any atom is -0.478 e. The Morgan fingerprint density at radius 3 is 2.53 bits per heavy atom. The number of aromatic carboxylic acids is 1. The fourth-order valence-corrected chi connectivity index (χ4v) is 4.00. The van der Waals surface area contributed by atoms with Gasteiger partial charge >= 0.3 is 5.97 Å². The average Bonchev–Trinajstić information content (AvgIpc) is 2.84. The van der Waals surface area contributed by atoms with Gasteiger partial charge in [-0.1, -0.05) is 18.2 Å². The van der Waals surface area contributed by atoms with Crippen LogP contribution in [0.15, 0.2) is 75.1 Å². The van der Waals surface area contributed by atoms with Crippen molar-refractivity contribution in [3.05, 3.63) is 71.6 Å². The largest absolute Gasteiger partial charge is 0.478 e. The number of amides is 1. The van der Waals surface area contributed by atoms with E-state index in [-0.39, 0.29) is 11.5 Å². The van der Waals surface area contributed by atoms with E-state index in [1.165, 1.54) is 0 Å². The Morgan fingerprint density at radius 1 is 1.00 bits per heavy atom. The second kappa shape index (κ2) is 10.3. The molecule has 0 fully saturated rings. The molecule has 0 bridgehead atoms. The number of hydrogen-bond donors (Lipinski definition) is 5. The first kappa shape index (κ1) is 24.4. The van der Waals surface area contributed by atoms with Crippen LogP contribution in [0.4, 0.5) is 5.69 Å². The Hall–Kier alpha value is -4.70. The van der Waals surface area contributed by atoms with Gasteiger partial charge in [-0.15, -0.1) is 0 Å². The lowest BCUT2D eigenvalue weighted by atomic mass is 9.91. The highest BCUT2D eigenvalue weighted by Crippen LogP contribution is 2.41. The van der Waals surface area contributed by atoms with Gasteiger partial charge in [-0.25, -0.2) is 9.79 Å². The molecule has 0 saturated heterocycles. The maximum absolute atomic E-state index is 12.6. The summed E-state index contributed by atoms with van der Waals surface area (Å²) < 4.78 is 6.11. The zero-order valence-corrected chi connectivity index (χ0v) is 19.3. The van der Waals surface area contributed by atoms with Crippen molar-refractivity contribution in [1.82, 2.24) is 0 Å². The van der Waals surface area contributed by atoms with Crippen LogP contribution in [0.5, 0.6) is 0 Å². The summed E-state index contributed by atoms with van der Waals surface area (Å²) in [5.41, 5.74) is 25.5. The third-order valence-electron chi connectivity index (χ3n) is 5.68. The fraction of sp³-hybridized carbons (Fsp3) is 0.154. The van der Waals surface area contributed by atoms with E-state index in [0.717, 1.165) is 0 Å². The van der Waals surface area contributed by atoms with Crippen LogP contribution >= 0.6 is 0 Å². The van der Waals surface area contributed by atoms with Crippen LogP contribution in [0.25, 0.3) is 33.4 Å². The maximum atomic E-state index is 12.6. The van der Waals surface area contributed by atoms with Crippen LogP contribution < -0.4 is 28.3 Å². The van der Waals surface area contributed by atoms with Gasteiger partial charge in [0.2, 0.25) is 0 Å². The highest BCUT2D eigenvalue weighted by Gasteiger charge is 2.21. The van der Waals surface area contributed by atoms with Crippen molar-refractivity contribution in [3.8, 4) is 22.5 Å². The Bertz CT molecular complexity index is 1520. The van der Waals surface area contributed by atoms with Crippen molar-refractivity contribution in [2.45, 2.75) is 18.9 Å². The van der Waals surface area contributed by atoms with Crippen molar-refractivity contribution in [3.63, 3.8) is 0 Å². The van der Waals surface area contributed by atoms with Gasteiger partial charge in [0.05, 0.1) is 17.0 Å². The number of benzene rings is 3. The molecule has 1 atom stereocenters. The normalized spacial score (nSPS) is 12.5. The zero-order valence-electron chi connectivity index (χ0n) is 19.3. The van der Waals surface area contributed by atoms with Crippen LogP contribution in [-0.4, -0.2) is 35.5 Å². The van der Waals surface area contributed by atoms with Gasteiger partial charge in [0, 0.05) is 40.9 Å². The highest BCUT2D eigenvalue weighted by molar-refractivity contribution is 6.07. The van der Waals surface area contributed by atoms with E-state index in [9.17, 15) is 14.7 Å². The number of hydrogen-bond acceptors (Lipinski definition) is 6. The van der Waals surface area contributed by atoms with Crippen LogP contribution in [0.3, 0.4) is 0 Å². The molecule has 0 spiro atoms. The third-order valence-corrected chi connectivity index (χ3v) is 5.68. The molecule has 4 rings (SSSR count). The lowest BCUT2D eigenvalue weighted by Gasteiger charge is -2.17. The van der Waals surface area contributed by atoms with Gasteiger partial charge in [0.25, 0.3) is 5.91 Å². The van der Waals surface area contributed by atoms with Gasteiger partial charge in [-0.05, 0) is 48.7 Å². The van der Waals surface area contributed by atoms with Crippen molar-refractivity contribution in [1.29, 1.82) is 0 Å². The number of fused-ring (bicyclic) bond motifs is 2. The molecule has 10 nitrogen and oxygen atoms in total. The monoisotopic (exact) mass is 486 g/mol. The minimum absolute atomic E-state index is 0.0147. The van der Waals surface area contributed by atoms with Crippen molar-refractivity contribution in [2.75, 3.05) is 12.3 Å². The predicted molar refractivity (Wildman–Crippen MR) is 138 cm³/mol. The molecule has 10 heteroatoms. The van der Waals surface area contributed by atoms with E-state index in [2.05, 4.69) is 9.98 Å².